The van der Waals surface area contributed by atoms with Crippen LogP contribution in [0.5, 0.6) is 5.75 Å². The lowest BCUT2D eigenvalue weighted by atomic mass is 10.1. The summed E-state index contributed by atoms with van der Waals surface area (Å²) in [7, 11) is 0. The van der Waals surface area contributed by atoms with Crippen molar-refractivity contribution >= 4 is 11.6 Å². The molecular weight excluding hydrogens is 328 g/mol. The molecule has 3 rings (SSSR count). The van der Waals surface area contributed by atoms with Crippen LogP contribution in [-0.4, -0.2) is 27.0 Å². The van der Waals surface area contributed by atoms with E-state index in [0.29, 0.717) is 11.4 Å². The Morgan fingerprint density at radius 3 is 2.31 bits per heavy atom. The molecule has 1 atom stereocenters. The molecule has 1 heterocycles. The van der Waals surface area contributed by atoms with Crippen LogP contribution in [0.15, 0.2) is 48.7 Å². The molecule has 0 aliphatic carbocycles. The fourth-order valence-corrected chi connectivity index (χ4v) is 2.73. The Bertz CT molecular complexity index is 896. The number of carbonyl (C=O) groups is 1. The standard InChI is InChI=1S/C20H22N4O2/c1-13-9-14(2)11-19(10-13)26-16(4)20(25)22-17-5-7-18(8-6-17)24-15(3)12-21-23-24/h5-12,16H,1-4H3,(H,22,25). The molecule has 0 bridgehead atoms. The third kappa shape index (κ3) is 4.08. The number of nitrogens with zero attached hydrogens (tertiary/aromatic N) is 3. The summed E-state index contributed by atoms with van der Waals surface area (Å²) in [6.07, 6.45) is 1.09. The van der Waals surface area contributed by atoms with Gasteiger partial charge in [-0.1, -0.05) is 11.3 Å². The molecular formula is C20H22N4O2. The van der Waals surface area contributed by atoms with Crippen LogP contribution in [0.4, 0.5) is 5.69 Å². The smallest absolute Gasteiger partial charge is 0.265 e. The zero-order valence-electron chi connectivity index (χ0n) is 15.4. The maximum absolute atomic E-state index is 12.4. The number of hydrogen-bond donors (Lipinski definition) is 1. The lowest BCUT2D eigenvalue weighted by Gasteiger charge is -2.16. The summed E-state index contributed by atoms with van der Waals surface area (Å²) in [6, 6.07) is 13.3. The molecule has 1 amide bonds. The molecule has 6 nitrogen and oxygen atoms in total. The fourth-order valence-electron chi connectivity index (χ4n) is 2.73. The van der Waals surface area contributed by atoms with Crippen LogP contribution in [0, 0.1) is 20.8 Å². The number of aromatic nitrogens is 3. The number of anilines is 1. The van der Waals surface area contributed by atoms with Gasteiger partial charge in [-0.15, -0.1) is 5.10 Å². The SMILES string of the molecule is Cc1cc(C)cc(OC(C)C(=O)Nc2ccc(-n3nncc3C)cc2)c1. The van der Waals surface area contributed by atoms with Crippen molar-refractivity contribution in [2.24, 2.45) is 0 Å². The number of carbonyl (C=O) groups excluding carboxylic acids is 1. The van der Waals surface area contributed by atoms with E-state index in [1.807, 2.05) is 57.2 Å². The number of aryl methyl sites for hydroxylation is 3. The van der Waals surface area contributed by atoms with Crippen molar-refractivity contribution in [3.63, 3.8) is 0 Å². The largest absolute Gasteiger partial charge is 0.481 e. The second kappa shape index (κ2) is 7.39. The molecule has 3 aromatic rings. The van der Waals surface area contributed by atoms with Crippen LogP contribution in [0.2, 0.25) is 0 Å². The summed E-state index contributed by atoms with van der Waals surface area (Å²) in [6.45, 7) is 7.67. The second-order valence-corrected chi connectivity index (χ2v) is 6.41. The highest BCUT2D eigenvalue weighted by atomic mass is 16.5. The molecule has 6 heteroatoms. The Morgan fingerprint density at radius 1 is 1.08 bits per heavy atom. The van der Waals surface area contributed by atoms with E-state index in [0.717, 1.165) is 22.5 Å². The van der Waals surface area contributed by atoms with Crippen molar-refractivity contribution in [1.29, 1.82) is 0 Å². The molecule has 0 saturated heterocycles. The molecule has 0 saturated carbocycles. The zero-order chi connectivity index (χ0) is 18.7. The average Bonchev–Trinajstić information content (AvgIpc) is 3.00. The van der Waals surface area contributed by atoms with Gasteiger partial charge in [-0.25, -0.2) is 4.68 Å². The van der Waals surface area contributed by atoms with Crippen LogP contribution in [0.25, 0.3) is 5.69 Å². The summed E-state index contributed by atoms with van der Waals surface area (Å²) in [4.78, 5) is 12.4. The normalized spacial score (nSPS) is 11.8. The van der Waals surface area contributed by atoms with Crippen molar-refractivity contribution in [3.05, 3.63) is 65.5 Å². The van der Waals surface area contributed by atoms with E-state index in [1.54, 1.807) is 17.8 Å². The van der Waals surface area contributed by atoms with Crippen molar-refractivity contribution in [2.45, 2.75) is 33.8 Å². The first kappa shape index (κ1) is 17.7. The second-order valence-electron chi connectivity index (χ2n) is 6.41. The van der Waals surface area contributed by atoms with E-state index in [9.17, 15) is 4.79 Å². The topological polar surface area (TPSA) is 69.0 Å². The van der Waals surface area contributed by atoms with Crippen LogP contribution in [0.1, 0.15) is 23.7 Å². The van der Waals surface area contributed by atoms with Crippen LogP contribution < -0.4 is 10.1 Å². The molecule has 0 radical (unpaired) electrons. The molecule has 2 aromatic carbocycles. The molecule has 0 spiro atoms. The van der Waals surface area contributed by atoms with E-state index in [-0.39, 0.29) is 5.91 Å². The van der Waals surface area contributed by atoms with Crippen LogP contribution in [-0.2, 0) is 4.79 Å². The lowest BCUT2D eigenvalue weighted by molar-refractivity contribution is -0.122. The quantitative estimate of drug-likeness (QED) is 0.763. The van der Waals surface area contributed by atoms with Gasteiger partial charge in [-0.05, 0) is 75.2 Å². The van der Waals surface area contributed by atoms with Gasteiger partial charge in [0.2, 0.25) is 0 Å². The zero-order valence-corrected chi connectivity index (χ0v) is 15.4. The molecule has 0 fully saturated rings. The molecule has 0 aliphatic rings. The van der Waals surface area contributed by atoms with Gasteiger partial charge in [0.1, 0.15) is 5.75 Å². The maximum atomic E-state index is 12.4. The van der Waals surface area contributed by atoms with Gasteiger partial charge in [-0.2, -0.15) is 0 Å². The highest BCUT2D eigenvalue weighted by Crippen LogP contribution is 2.19. The predicted molar refractivity (Wildman–Crippen MR) is 101 cm³/mol. The number of amides is 1. The summed E-state index contributed by atoms with van der Waals surface area (Å²) in [5.74, 6) is 0.496. The van der Waals surface area contributed by atoms with Gasteiger partial charge >= 0.3 is 0 Å². The lowest BCUT2D eigenvalue weighted by Crippen LogP contribution is -2.30. The Balaban J connectivity index is 1.64. The third-order valence-electron chi connectivity index (χ3n) is 3.98. The minimum absolute atomic E-state index is 0.200. The summed E-state index contributed by atoms with van der Waals surface area (Å²) in [5.41, 5.74) is 4.74. The first-order valence-electron chi connectivity index (χ1n) is 8.46. The highest BCUT2D eigenvalue weighted by molar-refractivity contribution is 5.94. The third-order valence-corrected chi connectivity index (χ3v) is 3.98. The summed E-state index contributed by atoms with van der Waals surface area (Å²) in [5, 5.41) is 10.8. The van der Waals surface area contributed by atoms with E-state index in [2.05, 4.69) is 21.7 Å². The highest BCUT2D eigenvalue weighted by Gasteiger charge is 2.15. The molecule has 1 unspecified atom stereocenters. The number of benzene rings is 2. The van der Waals surface area contributed by atoms with Gasteiger partial charge in [0.15, 0.2) is 6.10 Å². The first-order chi connectivity index (χ1) is 12.4. The number of ether oxygens (including phenoxy) is 1. The molecule has 26 heavy (non-hydrogen) atoms. The Kier molecular flexibility index (Phi) is 5.02. The van der Waals surface area contributed by atoms with Gasteiger partial charge in [0.05, 0.1) is 17.6 Å². The molecule has 134 valence electrons. The van der Waals surface area contributed by atoms with Crippen molar-refractivity contribution in [2.75, 3.05) is 5.32 Å². The van der Waals surface area contributed by atoms with Crippen LogP contribution >= 0.6 is 0 Å². The summed E-state index contributed by atoms with van der Waals surface area (Å²) >= 11 is 0. The van der Waals surface area contributed by atoms with Gasteiger partial charge < -0.3 is 10.1 Å². The fraction of sp³-hybridized carbons (Fsp3) is 0.250. The first-order valence-corrected chi connectivity index (χ1v) is 8.46. The van der Waals surface area contributed by atoms with Crippen LogP contribution in [0.3, 0.4) is 0 Å². The van der Waals surface area contributed by atoms with E-state index in [4.69, 9.17) is 4.74 Å². The Labute approximate surface area is 152 Å². The predicted octanol–water partition coefficient (Wildman–Crippen LogP) is 3.60. The van der Waals surface area contributed by atoms with E-state index < -0.39 is 6.10 Å². The van der Waals surface area contributed by atoms with E-state index in [1.165, 1.54) is 0 Å². The number of rotatable bonds is 5. The van der Waals surface area contributed by atoms with Crippen molar-refractivity contribution in [3.8, 4) is 11.4 Å². The molecule has 0 aliphatic heterocycles. The Hall–Kier alpha value is -3.15. The molecule has 1 N–H and O–H groups in total. The minimum atomic E-state index is -0.603. The monoisotopic (exact) mass is 350 g/mol. The van der Waals surface area contributed by atoms with Gasteiger partial charge in [0.25, 0.3) is 5.91 Å². The summed E-state index contributed by atoms with van der Waals surface area (Å²) < 4.78 is 7.51. The molecule has 1 aromatic heterocycles. The van der Waals surface area contributed by atoms with Crippen molar-refractivity contribution < 1.29 is 9.53 Å². The minimum Gasteiger partial charge on any atom is -0.481 e. The maximum Gasteiger partial charge on any atom is 0.265 e. The van der Waals surface area contributed by atoms with Gasteiger partial charge in [-0.3, -0.25) is 4.79 Å². The van der Waals surface area contributed by atoms with E-state index >= 15 is 0 Å². The number of nitrogens with one attached hydrogen (secondary N) is 1. The van der Waals surface area contributed by atoms with Crippen molar-refractivity contribution in [1.82, 2.24) is 15.0 Å². The Morgan fingerprint density at radius 2 is 1.73 bits per heavy atom. The average molecular weight is 350 g/mol. The number of hydrogen-bond acceptors (Lipinski definition) is 4. The van der Waals surface area contributed by atoms with Gasteiger partial charge in [0, 0.05) is 5.69 Å².